The zero-order valence-corrected chi connectivity index (χ0v) is 12.9. The fourth-order valence-electron chi connectivity index (χ4n) is 1.76. The fourth-order valence-corrected chi connectivity index (χ4v) is 1.76. The Labute approximate surface area is 125 Å². The van der Waals surface area contributed by atoms with Crippen molar-refractivity contribution in [2.24, 2.45) is 11.6 Å². The summed E-state index contributed by atoms with van der Waals surface area (Å²) >= 11 is 0. The SMILES string of the molecule is CC(C)(C)OC(=O)N(N)C(=O)[C@](C)(N)Cc1ccccc1. The molecular formula is C15H23N3O3. The molecule has 0 saturated carbocycles. The van der Waals surface area contributed by atoms with E-state index in [1.165, 1.54) is 6.92 Å². The van der Waals surface area contributed by atoms with E-state index < -0.39 is 23.1 Å². The number of rotatable bonds is 3. The molecule has 0 saturated heterocycles. The number of carbonyl (C=O) groups is 2. The second-order valence-electron chi connectivity index (χ2n) is 6.24. The van der Waals surface area contributed by atoms with Gasteiger partial charge in [-0.2, -0.15) is 5.01 Å². The Bertz CT molecular complexity index is 507. The van der Waals surface area contributed by atoms with Crippen LogP contribution in [-0.2, 0) is 16.0 Å². The third-order valence-corrected chi connectivity index (χ3v) is 2.71. The highest BCUT2D eigenvalue weighted by Crippen LogP contribution is 2.15. The molecule has 1 atom stereocenters. The number of amides is 2. The maximum Gasteiger partial charge on any atom is 0.431 e. The van der Waals surface area contributed by atoms with Crippen molar-refractivity contribution in [1.29, 1.82) is 0 Å². The lowest BCUT2D eigenvalue weighted by atomic mass is 9.93. The van der Waals surface area contributed by atoms with Crippen LogP contribution in [0.3, 0.4) is 0 Å². The molecule has 1 aromatic rings. The molecule has 0 aliphatic carbocycles. The largest absolute Gasteiger partial charge is 0.442 e. The van der Waals surface area contributed by atoms with Crippen molar-refractivity contribution >= 4 is 12.0 Å². The van der Waals surface area contributed by atoms with E-state index in [2.05, 4.69) is 0 Å². The Kier molecular flexibility index (Phi) is 5.09. The number of ether oxygens (including phenoxy) is 1. The van der Waals surface area contributed by atoms with Crippen LogP contribution in [0.5, 0.6) is 0 Å². The van der Waals surface area contributed by atoms with E-state index >= 15 is 0 Å². The number of hydrazine groups is 1. The standard InChI is InChI=1S/C15H23N3O3/c1-14(2,3)21-13(20)18(17)12(19)15(4,16)10-11-8-6-5-7-9-11/h5-9H,10,16-17H2,1-4H3/t15-/m1/s1. The van der Waals surface area contributed by atoms with Gasteiger partial charge >= 0.3 is 6.09 Å². The second kappa shape index (κ2) is 6.24. The Morgan fingerprint density at radius 2 is 1.67 bits per heavy atom. The zero-order valence-electron chi connectivity index (χ0n) is 12.9. The van der Waals surface area contributed by atoms with E-state index in [1.54, 1.807) is 20.8 Å². The van der Waals surface area contributed by atoms with Gasteiger partial charge in [0.15, 0.2) is 0 Å². The number of benzene rings is 1. The summed E-state index contributed by atoms with van der Waals surface area (Å²) in [5, 5.41) is 0.439. The summed E-state index contributed by atoms with van der Waals surface area (Å²) in [5.74, 6) is 4.84. The van der Waals surface area contributed by atoms with Crippen LogP contribution in [0.25, 0.3) is 0 Å². The highest BCUT2D eigenvalue weighted by atomic mass is 16.6. The Morgan fingerprint density at radius 1 is 1.14 bits per heavy atom. The zero-order chi connectivity index (χ0) is 16.3. The maximum atomic E-state index is 12.3. The van der Waals surface area contributed by atoms with Gasteiger partial charge in [0.2, 0.25) is 0 Å². The van der Waals surface area contributed by atoms with Crippen LogP contribution in [0, 0.1) is 0 Å². The Morgan fingerprint density at radius 3 is 2.14 bits per heavy atom. The van der Waals surface area contributed by atoms with E-state index in [0.717, 1.165) is 5.56 Å². The number of carbonyl (C=O) groups excluding carboxylic acids is 2. The Hall–Kier alpha value is -1.92. The van der Waals surface area contributed by atoms with E-state index in [1.807, 2.05) is 30.3 Å². The van der Waals surface area contributed by atoms with Crippen molar-refractivity contribution < 1.29 is 14.3 Å². The number of hydrogen-bond donors (Lipinski definition) is 2. The molecule has 1 rings (SSSR count). The van der Waals surface area contributed by atoms with Crippen molar-refractivity contribution in [3.63, 3.8) is 0 Å². The van der Waals surface area contributed by atoms with Crippen molar-refractivity contribution in [2.45, 2.75) is 45.3 Å². The number of nitrogens with zero attached hydrogens (tertiary/aromatic N) is 1. The molecule has 0 heterocycles. The summed E-state index contributed by atoms with van der Waals surface area (Å²) in [7, 11) is 0. The van der Waals surface area contributed by atoms with Gasteiger partial charge in [0.25, 0.3) is 5.91 Å². The van der Waals surface area contributed by atoms with Crippen LogP contribution in [0.1, 0.15) is 33.3 Å². The van der Waals surface area contributed by atoms with Crippen LogP contribution in [0.4, 0.5) is 4.79 Å². The van der Waals surface area contributed by atoms with Gasteiger partial charge in [0.05, 0.1) is 5.54 Å². The lowest BCUT2D eigenvalue weighted by Crippen LogP contribution is -2.59. The molecule has 0 unspecified atom stereocenters. The van der Waals surface area contributed by atoms with E-state index in [-0.39, 0.29) is 6.42 Å². The summed E-state index contributed by atoms with van der Waals surface area (Å²) in [6.07, 6.45) is -0.652. The summed E-state index contributed by atoms with van der Waals surface area (Å²) < 4.78 is 5.05. The Balaban J connectivity index is 2.78. The minimum absolute atomic E-state index is 0.267. The summed E-state index contributed by atoms with van der Waals surface area (Å²) in [6.45, 7) is 6.60. The molecule has 1 aromatic carbocycles. The maximum absolute atomic E-state index is 12.3. The minimum Gasteiger partial charge on any atom is -0.442 e. The van der Waals surface area contributed by atoms with E-state index in [0.29, 0.717) is 5.01 Å². The van der Waals surface area contributed by atoms with Gasteiger partial charge in [-0.1, -0.05) is 30.3 Å². The fraction of sp³-hybridized carbons (Fsp3) is 0.467. The summed E-state index contributed by atoms with van der Waals surface area (Å²) in [5.41, 5.74) is 4.86. The van der Waals surface area contributed by atoms with Gasteiger partial charge in [0, 0.05) is 0 Å². The molecule has 6 nitrogen and oxygen atoms in total. The molecule has 0 bridgehead atoms. The average molecular weight is 293 g/mol. The topological polar surface area (TPSA) is 98.6 Å². The quantitative estimate of drug-likeness (QED) is 0.501. The monoisotopic (exact) mass is 293 g/mol. The molecule has 0 fully saturated rings. The molecule has 0 aromatic heterocycles. The first-order valence-corrected chi connectivity index (χ1v) is 6.68. The van der Waals surface area contributed by atoms with Crippen LogP contribution in [0.15, 0.2) is 30.3 Å². The number of hydrogen-bond acceptors (Lipinski definition) is 5. The lowest BCUT2D eigenvalue weighted by Gasteiger charge is -2.29. The van der Waals surface area contributed by atoms with Crippen LogP contribution >= 0.6 is 0 Å². The molecule has 2 amide bonds. The highest BCUT2D eigenvalue weighted by molar-refractivity contribution is 5.96. The highest BCUT2D eigenvalue weighted by Gasteiger charge is 2.36. The molecule has 0 aliphatic rings. The summed E-state index contributed by atoms with van der Waals surface area (Å²) in [6, 6.07) is 9.28. The molecule has 116 valence electrons. The molecule has 0 spiro atoms. The van der Waals surface area contributed by atoms with Gasteiger partial charge in [-0.15, -0.1) is 0 Å². The third-order valence-electron chi connectivity index (χ3n) is 2.71. The number of nitrogens with two attached hydrogens (primary N) is 2. The minimum atomic E-state index is -1.30. The third kappa shape index (κ3) is 5.17. The molecule has 0 aliphatic heterocycles. The lowest BCUT2D eigenvalue weighted by molar-refractivity contribution is -0.135. The van der Waals surface area contributed by atoms with Crippen LogP contribution in [-0.4, -0.2) is 28.1 Å². The molecule has 6 heteroatoms. The average Bonchev–Trinajstić information content (AvgIpc) is 2.35. The van der Waals surface area contributed by atoms with Gasteiger partial charge in [-0.25, -0.2) is 10.6 Å². The molecule has 21 heavy (non-hydrogen) atoms. The molecular weight excluding hydrogens is 270 g/mol. The van der Waals surface area contributed by atoms with Crippen molar-refractivity contribution in [1.82, 2.24) is 5.01 Å². The first-order chi connectivity index (χ1) is 9.53. The van der Waals surface area contributed by atoms with Crippen LogP contribution in [0.2, 0.25) is 0 Å². The first-order valence-electron chi connectivity index (χ1n) is 6.68. The van der Waals surface area contributed by atoms with Gasteiger partial charge in [-0.3, -0.25) is 4.79 Å². The molecule has 0 radical (unpaired) electrons. The number of imide groups is 1. The van der Waals surface area contributed by atoms with Crippen molar-refractivity contribution in [3.8, 4) is 0 Å². The van der Waals surface area contributed by atoms with E-state index in [4.69, 9.17) is 16.3 Å². The molecule has 4 N–H and O–H groups in total. The van der Waals surface area contributed by atoms with Crippen molar-refractivity contribution in [2.75, 3.05) is 0 Å². The second-order valence-corrected chi connectivity index (χ2v) is 6.24. The first kappa shape index (κ1) is 17.1. The van der Waals surface area contributed by atoms with Gasteiger partial charge in [0.1, 0.15) is 5.60 Å². The van der Waals surface area contributed by atoms with Gasteiger partial charge in [-0.05, 0) is 39.7 Å². The predicted octanol–water partition coefficient (Wildman–Crippen LogP) is 1.58. The predicted molar refractivity (Wildman–Crippen MR) is 80.0 cm³/mol. The van der Waals surface area contributed by atoms with Crippen molar-refractivity contribution in [3.05, 3.63) is 35.9 Å². The smallest absolute Gasteiger partial charge is 0.431 e. The normalized spacial score (nSPS) is 14.2. The van der Waals surface area contributed by atoms with Crippen LogP contribution < -0.4 is 11.6 Å². The van der Waals surface area contributed by atoms with Gasteiger partial charge < -0.3 is 10.5 Å². The van der Waals surface area contributed by atoms with E-state index in [9.17, 15) is 9.59 Å². The summed E-state index contributed by atoms with van der Waals surface area (Å²) in [4.78, 5) is 24.1.